The van der Waals surface area contributed by atoms with Crippen LogP contribution >= 0.6 is 0 Å². The van der Waals surface area contributed by atoms with E-state index in [0.29, 0.717) is 11.3 Å². The lowest BCUT2D eigenvalue weighted by Crippen LogP contribution is -2.45. The van der Waals surface area contributed by atoms with E-state index in [2.05, 4.69) is 5.32 Å². The molecule has 24 heavy (non-hydrogen) atoms. The molecule has 1 saturated heterocycles. The smallest absolute Gasteiger partial charge is 0.338 e. The molecule has 1 amide bonds. The first-order valence-corrected chi connectivity index (χ1v) is 7.64. The van der Waals surface area contributed by atoms with Gasteiger partial charge in [0.1, 0.15) is 0 Å². The van der Waals surface area contributed by atoms with E-state index >= 15 is 0 Å². The first-order chi connectivity index (χ1) is 11.5. The Kier molecular flexibility index (Phi) is 4.35. The zero-order valence-electron chi connectivity index (χ0n) is 12.9. The number of esters is 1. The van der Waals surface area contributed by atoms with E-state index in [1.54, 1.807) is 31.2 Å². The normalized spacial score (nSPS) is 27.0. The van der Waals surface area contributed by atoms with Gasteiger partial charge in [-0.2, -0.15) is 0 Å². The molecular weight excluding hydrogens is 314 g/mol. The van der Waals surface area contributed by atoms with Crippen LogP contribution in [0, 0.1) is 11.8 Å². The van der Waals surface area contributed by atoms with Crippen molar-refractivity contribution in [2.45, 2.75) is 19.1 Å². The number of nitrogens with one attached hydrogen (secondary N) is 1. The minimum atomic E-state index is -1.30. The quantitative estimate of drug-likeness (QED) is 0.607. The van der Waals surface area contributed by atoms with Gasteiger partial charge in [-0.25, -0.2) is 4.79 Å². The maximum Gasteiger partial charge on any atom is 0.338 e. The number of carbonyl (C=O) groups is 3. The molecule has 0 spiro atoms. The van der Waals surface area contributed by atoms with Gasteiger partial charge in [0.25, 0.3) is 0 Å². The van der Waals surface area contributed by atoms with Crippen LogP contribution in [-0.2, 0) is 19.1 Å². The highest BCUT2D eigenvalue weighted by Gasteiger charge is 2.50. The third-order valence-electron chi connectivity index (χ3n) is 4.14. The minimum Gasteiger partial charge on any atom is -0.550 e. The standard InChI is InChI=1S/C17H17NO6/c1-2-23-17(22)9-3-5-10(6-4-9)18-15(19)13-11-7-8-12(24-11)14(13)16(20)21/h3-8,11-14H,2H2,1H3,(H,18,19)(H,20,21)/p-1/t11-,12+,13-,14-/m0/s1. The van der Waals surface area contributed by atoms with Crippen molar-refractivity contribution >= 4 is 23.5 Å². The van der Waals surface area contributed by atoms with Crippen LogP contribution in [0.5, 0.6) is 0 Å². The molecule has 3 rings (SSSR count). The molecule has 1 aromatic rings. The van der Waals surface area contributed by atoms with Gasteiger partial charge in [-0.1, -0.05) is 12.2 Å². The fraction of sp³-hybridized carbons (Fsp3) is 0.353. The first-order valence-electron chi connectivity index (χ1n) is 7.64. The number of aliphatic carboxylic acids is 1. The maximum atomic E-state index is 12.4. The van der Waals surface area contributed by atoms with E-state index in [-0.39, 0.29) is 6.61 Å². The van der Waals surface area contributed by atoms with Crippen molar-refractivity contribution < 1.29 is 29.0 Å². The second-order valence-corrected chi connectivity index (χ2v) is 5.61. The van der Waals surface area contributed by atoms with Crippen LogP contribution in [0.15, 0.2) is 36.4 Å². The molecule has 2 aliphatic rings. The van der Waals surface area contributed by atoms with E-state index in [9.17, 15) is 19.5 Å². The molecule has 0 aliphatic carbocycles. The highest BCUT2D eigenvalue weighted by molar-refractivity contribution is 5.97. The van der Waals surface area contributed by atoms with Crippen LogP contribution in [0.2, 0.25) is 0 Å². The van der Waals surface area contributed by atoms with Gasteiger partial charge in [0.2, 0.25) is 5.91 Å². The summed E-state index contributed by atoms with van der Waals surface area (Å²) in [7, 11) is 0. The lowest BCUT2D eigenvalue weighted by atomic mass is 9.82. The zero-order valence-corrected chi connectivity index (χ0v) is 12.9. The topological polar surface area (TPSA) is 105 Å². The van der Waals surface area contributed by atoms with Crippen molar-refractivity contribution in [3.05, 3.63) is 42.0 Å². The van der Waals surface area contributed by atoms with Crippen LogP contribution < -0.4 is 10.4 Å². The number of rotatable bonds is 5. The minimum absolute atomic E-state index is 0.277. The Morgan fingerprint density at radius 3 is 2.33 bits per heavy atom. The Labute approximate surface area is 138 Å². The van der Waals surface area contributed by atoms with E-state index in [1.165, 1.54) is 12.1 Å². The monoisotopic (exact) mass is 330 g/mol. The van der Waals surface area contributed by atoms with Gasteiger partial charge < -0.3 is 24.7 Å². The van der Waals surface area contributed by atoms with Crippen molar-refractivity contribution in [1.82, 2.24) is 0 Å². The summed E-state index contributed by atoms with van der Waals surface area (Å²) in [5, 5.41) is 13.9. The van der Waals surface area contributed by atoms with Crippen LogP contribution in [0.1, 0.15) is 17.3 Å². The van der Waals surface area contributed by atoms with Crippen molar-refractivity contribution in [2.24, 2.45) is 11.8 Å². The summed E-state index contributed by atoms with van der Waals surface area (Å²) in [6.45, 7) is 1.99. The molecule has 7 heteroatoms. The molecule has 0 radical (unpaired) electrons. The van der Waals surface area contributed by atoms with Crippen molar-refractivity contribution in [3.8, 4) is 0 Å². The van der Waals surface area contributed by atoms with Crippen LogP contribution in [0.4, 0.5) is 5.69 Å². The predicted octanol–water partition coefficient (Wildman–Crippen LogP) is 0.121. The largest absolute Gasteiger partial charge is 0.550 e. The number of hydrogen-bond donors (Lipinski definition) is 1. The lowest BCUT2D eigenvalue weighted by Gasteiger charge is -2.24. The van der Waals surface area contributed by atoms with Crippen molar-refractivity contribution in [1.29, 1.82) is 0 Å². The molecule has 2 aliphatic heterocycles. The number of ether oxygens (including phenoxy) is 2. The molecule has 1 N–H and O–H groups in total. The van der Waals surface area contributed by atoms with Gasteiger partial charge >= 0.3 is 5.97 Å². The summed E-state index contributed by atoms with van der Waals surface area (Å²) < 4.78 is 10.3. The fourth-order valence-corrected chi connectivity index (χ4v) is 3.03. The molecule has 0 saturated carbocycles. The number of amides is 1. The van der Waals surface area contributed by atoms with Gasteiger partial charge in [-0.3, -0.25) is 4.79 Å². The number of hydrogen-bond acceptors (Lipinski definition) is 6. The summed E-state index contributed by atoms with van der Waals surface area (Å²) in [6, 6.07) is 6.17. The van der Waals surface area contributed by atoms with Gasteiger partial charge in [-0.05, 0) is 31.2 Å². The lowest BCUT2D eigenvalue weighted by molar-refractivity contribution is -0.313. The number of carboxylic acids is 1. The molecule has 4 atom stereocenters. The van der Waals surface area contributed by atoms with Crippen LogP contribution in [0.25, 0.3) is 0 Å². The van der Waals surface area contributed by atoms with E-state index in [4.69, 9.17) is 9.47 Å². The Morgan fingerprint density at radius 1 is 1.12 bits per heavy atom. The number of benzene rings is 1. The van der Waals surface area contributed by atoms with Gasteiger partial charge in [0, 0.05) is 17.6 Å². The number of anilines is 1. The van der Waals surface area contributed by atoms with Gasteiger partial charge in [0.05, 0.1) is 30.3 Å². The maximum absolute atomic E-state index is 12.4. The van der Waals surface area contributed by atoms with Crippen LogP contribution in [0.3, 0.4) is 0 Å². The molecule has 2 bridgehead atoms. The van der Waals surface area contributed by atoms with E-state index < -0.39 is 41.9 Å². The third-order valence-corrected chi connectivity index (χ3v) is 4.14. The van der Waals surface area contributed by atoms with E-state index in [1.807, 2.05) is 0 Å². The summed E-state index contributed by atoms with van der Waals surface area (Å²) in [6.07, 6.45) is 2.15. The molecule has 2 heterocycles. The van der Waals surface area contributed by atoms with E-state index in [0.717, 1.165) is 0 Å². The average Bonchev–Trinajstić information content (AvgIpc) is 3.16. The average molecular weight is 330 g/mol. The second-order valence-electron chi connectivity index (χ2n) is 5.61. The third kappa shape index (κ3) is 2.90. The Morgan fingerprint density at radius 2 is 1.75 bits per heavy atom. The summed E-state index contributed by atoms with van der Waals surface area (Å²) in [4.78, 5) is 35.3. The van der Waals surface area contributed by atoms with Gasteiger partial charge in [0.15, 0.2) is 0 Å². The summed E-state index contributed by atoms with van der Waals surface area (Å²) >= 11 is 0. The molecule has 1 aromatic carbocycles. The van der Waals surface area contributed by atoms with Crippen molar-refractivity contribution in [2.75, 3.05) is 11.9 Å². The molecular formula is C17H16NO6-. The highest BCUT2D eigenvalue weighted by Crippen LogP contribution is 2.39. The number of fused-ring (bicyclic) bond motifs is 2. The fourth-order valence-electron chi connectivity index (χ4n) is 3.03. The van der Waals surface area contributed by atoms with Crippen LogP contribution in [-0.4, -0.2) is 36.7 Å². The molecule has 7 nitrogen and oxygen atoms in total. The molecule has 0 unspecified atom stereocenters. The van der Waals surface area contributed by atoms with Crippen molar-refractivity contribution in [3.63, 3.8) is 0 Å². The zero-order chi connectivity index (χ0) is 17.3. The Hall–Kier alpha value is -2.67. The number of carboxylic acid groups (broad SMARTS) is 1. The first kappa shape index (κ1) is 16.2. The highest BCUT2D eigenvalue weighted by atomic mass is 16.5. The second kappa shape index (κ2) is 6.45. The SMILES string of the molecule is CCOC(=O)c1ccc(NC(=O)[C@@H]2[C@@H](C(=O)[O-])[C@H]3C=C[C@@H]2O3)cc1. The summed E-state index contributed by atoms with van der Waals surface area (Å²) in [5.41, 5.74) is 0.825. The Balaban J connectivity index is 1.70. The number of carbonyl (C=O) groups excluding carboxylic acids is 3. The molecule has 126 valence electrons. The predicted molar refractivity (Wildman–Crippen MR) is 80.8 cm³/mol. The molecule has 0 aromatic heterocycles. The Bertz CT molecular complexity index is 696. The van der Waals surface area contributed by atoms with Gasteiger partial charge in [-0.15, -0.1) is 0 Å². The summed E-state index contributed by atoms with van der Waals surface area (Å²) in [5.74, 6) is -4.04. The molecule has 1 fully saturated rings.